The van der Waals surface area contributed by atoms with Gasteiger partial charge in [0.2, 0.25) is 0 Å². The lowest BCUT2D eigenvalue weighted by Gasteiger charge is -2.37. The van der Waals surface area contributed by atoms with Gasteiger partial charge in [0.05, 0.1) is 16.7 Å². The number of rotatable bonds is 15. The quantitative estimate of drug-likeness (QED) is 0.0859. The molecule has 66 heavy (non-hydrogen) atoms. The van der Waals surface area contributed by atoms with Gasteiger partial charge >= 0.3 is 6.15 Å². The van der Waals surface area contributed by atoms with Gasteiger partial charge in [0.1, 0.15) is 11.6 Å². The average molecular weight is 935 g/mol. The Balaban J connectivity index is 0.00000210. The van der Waals surface area contributed by atoms with Gasteiger partial charge < -0.3 is 29.7 Å². The van der Waals surface area contributed by atoms with Gasteiger partial charge in [-0.3, -0.25) is 4.72 Å². The Morgan fingerprint density at radius 2 is 1.41 bits per heavy atom. The van der Waals surface area contributed by atoms with Crippen LogP contribution < -0.4 is 19.8 Å². The number of sulfonamides is 1. The molecule has 0 bridgehead atoms. The first kappa shape index (κ1) is 48.0. The van der Waals surface area contributed by atoms with Crippen molar-refractivity contribution in [2.24, 2.45) is 7.05 Å². The summed E-state index contributed by atoms with van der Waals surface area (Å²) < 4.78 is 61.4. The number of aryl methyl sites for hydroxylation is 2. The molecule has 3 N–H and O–H groups in total. The van der Waals surface area contributed by atoms with Crippen molar-refractivity contribution in [2.75, 3.05) is 71.4 Å². The second-order valence-electron chi connectivity index (χ2n) is 16.8. The number of hydrogen-bond donors (Lipinski definition) is 3. The van der Waals surface area contributed by atoms with Gasteiger partial charge in [0.25, 0.3) is 10.0 Å². The molecule has 0 aliphatic carbocycles. The number of likely N-dealkylation sites (tertiary alicyclic amines) is 1. The van der Waals surface area contributed by atoms with Gasteiger partial charge in [-0.05, 0) is 147 Å². The number of anilines is 4. The second-order valence-corrected chi connectivity index (χ2v) is 19.6. The van der Waals surface area contributed by atoms with Crippen LogP contribution in [0, 0.1) is 25.5 Å². The highest BCUT2D eigenvalue weighted by molar-refractivity contribution is 7.99. The maximum Gasteiger partial charge on any atom is 0.373 e. The molecule has 0 radical (unpaired) electrons. The summed E-state index contributed by atoms with van der Waals surface area (Å²) in [5.74, 6) is 0.228. The number of aliphatic hydroxyl groups is 1. The third kappa shape index (κ3) is 12.1. The number of thioether (sulfide) groups is 1. The number of aliphatic hydroxyl groups excluding tert-OH is 1. The zero-order valence-corrected chi connectivity index (χ0v) is 39.1. The number of aromatic nitrogens is 1. The Bertz CT molecular complexity index is 2700. The monoisotopic (exact) mass is 934 g/mol. The van der Waals surface area contributed by atoms with Crippen molar-refractivity contribution in [2.45, 2.75) is 55.0 Å². The summed E-state index contributed by atoms with van der Waals surface area (Å²) in [5.41, 5.74) is 8.05. The zero-order chi connectivity index (χ0) is 46.8. The van der Waals surface area contributed by atoms with Crippen LogP contribution in [-0.2, 0) is 26.7 Å². The van der Waals surface area contributed by atoms with Crippen molar-refractivity contribution < 1.29 is 31.9 Å². The van der Waals surface area contributed by atoms with E-state index in [-0.39, 0.29) is 34.8 Å². The molecule has 6 aromatic rings. The SMILES string of the molecule is Cc1cc(S(=O)(=O)Nc2ccc(N3CCN(c4ccc(F)c(-c5cc(C)n(C)c5-c5ccc(F)cc5)c4)CC3)cc2)ccc1N[C@H](CCN1CCC(O)CC1)CSc1ccccc1.O=C=O. The van der Waals surface area contributed by atoms with Crippen molar-refractivity contribution in [3.63, 3.8) is 0 Å². The van der Waals surface area contributed by atoms with Crippen molar-refractivity contribution >= 4 is 50.7 Å². The fourth-order valence-electron chi connectivity index (χ4n) is 8.56. The number of nitrogens with one attached hydrogen (secondary N) is 2. The van der Waals surface area contributed by atoms with Crippen molar-refractivity contribution in [1.29, 1.82) is 0 Å². The van der Waals surface area contributed by atoms with E-state index >= 15 is 4.39 Å². The van der Waals surface area contributed by atoms with E-state index in [0.717, 1.165) is 116 Å². The standard InChI is InChI=1S/C50H56F2N6O3S2.CO2/c1-35-31-45(18-20-49(35)53-40(34-62-44-7-5-4-6-8-44)21-24-56-25-22-43(59)23-26-56)63(60,61)54-39-13-15-41(16-14-39)57-27-29-58(30-28-57)42-17-19-48(52)46(33-42)47-32-36(2)55(3)50(47)37-9-11-38(51)12-10-37;2-1-3/h4-20,31-33,40,43,53-54,59H,21-30,34H2,1-3H3;/t40-;/m1./s1. The molecule has 3 heterocycles. The first-order valence-electron chi connectivity index (χ1n) is 22.1. The molecule has 2 fully saturated rings. The summed E-state index contributed by atoms with van der Waals surface area (Å²) in [4.78, 5) is 24.6. The molecule has 2 saturated heterocycles. The minimum absolute atomic E-state index is 0.159. The highest BCUT2D eigenvalue weighted by Crippen LogP contribution is 2.38. The van der Waals surface area contributed by atoms with Crippen LogP contribution in [0.15, 0.2) is 131 Å². The van der Waals surface area contributed by atoms with E-state index in [9.17, 15) is 17.9 Å². The first-order valence-corrected chi connectivity index (χ1v) is 24.6. The Morgan fingerprint density at radius 3 is 2.06 bits per heavy atom. The molecule has 346 valence electrons. The predicted octanol–water partition coefficient (Wildman–Crippen LogP) is 9.22. The summed E-state index contributed by atoms with van der Waals surface area (Å²) in [6, 6.07) is 36.8. The van der Waals surface area contributed by atoms with Crippen LogP contribution in [0.2, 0.25) is 0 Å². The summed E-state index contributed by atoms with van der Waals surface area (Å²) in [7, 11) is -1.91. The van der Waals surface area contributed by atoms with E-state index in [0.29, 0.717) is 11.3 Å². The predicted molar refractivity (Wildman–Crippen MR) is 260 cm³/mol. The number of halogens is 2. The highest BCUT2D eigenvalue weighted by Gasteiger charge is 2.24. The topological polar surface area (TPSA) is 127 Å². The summed E-state index contributed by atoms with van der Waals surface area (Å²) in [6.07, 6.45) is 2.59. The van der Waals surface area contributed by atoms with Crippen LogP contribution in [0.1, 0.15) is 30.5 Å². The van der Waals surface area contributed by atoms with Crippen LogP contribution in [0.3, 0.4) is 0 Å². The van der Waals surface area contributed by atoms with Gasteiger partial charge in [0.15, 0.2) is 0 Å². The van der Waals surface area contributed by atoms with Crippen molar-refractivity contribution in [1.82, 2.24) is 9.47 Å². The van der Waals surface area contributed by atoms with E-state index in [4.69, 9.17) is 9.59 Å². The van der Waals surface area contributed by atoms with Gasteiger partial charge in [-0.15, -0.1) is 11.8 Å². The maximum absolute atomic E-state index is 15.5. The molecule has 0 saturated carbocycles. The molecular weight excluding hydrogens is 879 g/mol. The summed E-state index contributed by atoms with van der Waals surface area (Å²) >= 11 is 1.81. The number of carbonyl (C=O) groups excluding carboxylic acids is 2. The first-order chi connectivity index (χ1) is 31.8. The maximum atomic E-state index is 15.5. The smallest absolute Gasteiger partial charge is 0.373 e. The molecular formula is C51H56F2N6O5S2. The highest BCUT2D eigenvalue weighted by atomic mass is 32.2. The Kier molecular flexibility index (Phi) is 16.0. The van der Waals surface area contributed by atoms with Crippen LogP contribution in [-0.4, -0.2) is 92.9 Å². The Hall–Kier alpha value is -5.96. The third-order valence-corrected chi connectivity index (χ3v) is 14.9. The average Bonchev–Trinajstić information content (AvgIpc) is 3.62. The summed E-state index contributed by atoms with van der Waals surface area (Å²) in [6.45, 7) is 9.55. The normalized spacial score (nSPS) is 15.1. The number of piperidine rings is 1. The molecule has 0 spiro atoms. The van der Waals surface area contributed by atoms with Crippen LogP contribution in [0.25, 0.3) is 22.4 Å². The lowest BCUT2D eigenvalue weighted by Crippen LogP contribution is -2.46. The molecule has 0 amide bonds. The van der Waals surface area contributed by atoms with E-state index in [1.54, 1.807) is 36.4 Å². The zero-order valence-electron chi connectivity index (χ0n) is 37.4. The largest absolute Gasteiger partial charge is 0.393 e. The van der Waals surface area contributed by atoms with Gasteiger partial charge in [-0.25, -0.2) is 17.2 Å². The molecule has 2 aliphatic rings. The second kappa shape index (κ2) is 22.0. The van der Waals surface area contributed by atoms with E-state index in [2.05, 4.69) is 36.9 Å². The lowest BCUT2D eigenvalue weighted by molar-refractivity contribution is -0.191. The lowest BCUT2D eigenvalue weighted by atomic mass is 9.99. The fraction of sp³-hybridized carbons (Fsp3) is 0.314. The van der Waals surface area contributed by atoms with Gasteiger partial charge in [-0.2, -0.15) is 9.59 Å². The molecule has 1 atom stereocenters. The summed E-state index contributed by atoms with van der Waals surface area (Å²) in [5, 5.41) is 13.7. The van der Waals surface area contributed by atoms with Gasteiger partial charge in [-0.1, -0.05) is 18.2 Å². The third-order valence-electron chi connectivity index (χ3n) is 12.4. The Labute approximate surface area is 390 Å². The van der Waals surface area contributed by atoms with E-state index in [1.165, 1.54) is 23.1 Å². The van der Waals surface area contributed by atoms with E-state index < -0.39 is 10.0 Å². The molecule has 0 unspecified atom stereocenters. The minimum atomic E-state index is -3.85. The van der Waals surface area contributed by atoms with Crippen molar-refractivity contribution in [3.8, 4) is 22.4 Å². The van der Waals surface area contributed by atoms with Crippen LogP contribution in [0.5, 0.6) is 0 Å². The number of benzene rings is 5. The molecule has 5 aromatic carbocycles. The van der Waals surface area contributed by atoms with Crippen LogP contribution >= 0.6 is 11.8 Å². The number of nitrogens with zero attached hydrogens (tertiary/aromatic N) is 4. The minimum Gasteiger partial charge on any atom is -0.393 e. The molecule has 2 aliphatic heterocycles. The van der Waals surface area contributed by atoms with E-state index in [1.807, 2.05) is 91.8 Å². The van der Waals surface area contributed by atoms with Crippen molar-refractivity contribution in [3.05, 3.63) is 144 Å². The number of hydrogen-bond acceptors (Lipinski definition) is 10. The molecule has 8 rings (SSSR count). The number of piperazine rings is 1. The fourth-order valence-corrected chi connectivity index (χ4v) is 10.7. The molecule has 11 nitrogen and oxygen atoms in total. The van der Waals surface area contributed by atoms with Gasteiger partial charge in [0, 0.05) is 109 Å². The molecule has 15 heteroatoms. The molecule has 1 aromatic heterocycles. The van der Waals surface area contributed by atoms with Crippen LogP contribution in [0.4, 0.5) is 31.5 Å². The Morgan fingerprint density at radius 1 is 0.773 bits per heavy atom.